The molecule has 0 fully saturated rings. The average molecular weight is 391 g/mol. The van der Waals surface area contributed by atoms with Crippen molar-refractivity contribution in [3.63, 3.8) is 0 Å². The summed E-state index contributed by atoms with van der Waals surface area (Å²) in [5, 5.41) is 0.151. The lowest BCUT2D eigenvalue weighted by Gasteiger charge is -2.08. The quantitative estimate of drug-likeness (QED) is 0.611. The van der Waals surface area contributed by atoms with Gasteiger partial charge in [0, 0.05) is 0 Å². The molecule has 0 atom stereocenters. The standard InChI is InChI=1S/C15H7ClF4N2O2S/c16-10-2-1-3-11(17)12(10)13-21-14(23)22(25-13)8-4-6-9(7-5-8)24-15(18,19)20/h1-7H. The third-order valence-corrected chi connectivity index (χ3v) is 4.36. The van der Waals surface area contributed by atoms with E-state index in [-0.39, 0.29) is 21.3 Å². The summed E-state index contributed by atoms with van der Waals surface area (Å²) in [6, 6.07) is 8.69. The van der Waals surface area contributed by atoms with Crippen LogP contribution in [-0.2, 0) is 0 Å². The van der Waals surface area contributed by atoms with E-state index in [2.05, 4.69) is 9.72 Å². The Morgan fingerprint density at radius 2 is 1.80 bits per heavy atom. The van der Waals surface area contributed by atoms with Crippen LogP contribution in [0.2, 0.25) is 5.02 Å². The van der Waals surface area contributed by atoms with E-state index in [0.29, 0.717) is 0 Å². The van der Waals surface area contributed by atoms with Gasteiger partial charge in [-0.15, -0.1) is 13.2 Å². The van der Waals surface area contributed by atoms with Gasteiger partial charge in [-0.1, -0.05) is 17.7 Å². The molecule has 2 aromatic carbocycles. The maximum Gasteiger partial charge on any atom is 0.573 e. The minimum absolute atomic E-state index is 0.0120. The Hall–Kier alpha value is -2.39. The Morgan fingerprint density at radius 1 is 1.12 bits per heavy atom. The molecule has 0 spiro atoms. The number of aromatic nitrogens is 2. The minimum atomic E-state index is -4.81. The summed E-state index contributed by atoms with van der Waals surface area (Å²) < 4.78 is 55.3. The Balaban J connectivity index is 1.97. The Labute approximate surface area is 147 Å². The van der Waals surface area contributed by atoms with Gasteiger partial charge in [0.05, 0.1) is 16.3 Å². The molecule has 0 N–H and O–H groups in total. The van der Waals surface area contributed by atoms with Crippen LogP contribution in [0, 0.1) is 5.82 Å². The molecule has 0 amide bonds. The molecule has 0 unspecified atom stereocenters. The minimum Gasteiger partial charge on any atom is -0.406 e. The van der Waals surface area contributed by atoms with E-state index >= 15 is 0 Å². The molecule has 0 aliphatic rings. The zero-order chi connectivity index (χ0) is 18.2. The van der Waals surface area contributed by atoms with Crippen LogP contribution in [0.4, 0.5) is 17.6 Å². The first-order chi connectivity index (χ1) is 11.7. The molecule has 3 rings (SSSR count). The van der Waals surface area contributed by atoms with Crippen LogP contribution in [0.25, 0.3) is 16.3 Å². The van der Waals surface area contributed by atoms with Crippen LogP contribution in [0.3, 0.4) is 0 Å². The summed E-state index contributed by atoms with van der Waals surface area (Å²) in [5.74, 6) is -1.06. The predicted octanol–water partition coefficient (Wildman–Crippen LogP) is 4.65. The molecule has 0 aliphatic carbocycles. The van der Waals surface area contributed by atoms with E-state index in [1.165, 1.54) is 30.3 Å². The summed E-state index contributed by atoms with van der Waals surface area (Å²) >= 11 is 6.76. The Kier molecular flexibility index (Phi) is 4.53. The van der Waals surface area contributed by atoms with Crippen molar-refractivity contribution in [2.24, 2.45) is 0 Å². The molecule has 130 valence electrons. The fourth-order valence-corrected chi connectivity index (χ4v) is 3.27. The van der Waals surface area contributed by atoms with Crippen molar-refractivity contribution in [1.29, 1.82) is 0 Å². The zero-order valence-electron chi connectivity index (χ0n) is 12.1. The molecule has 25 heavy (non-hydrogen) atoms. The highest BCUT2D eigenvalue weighted by molar-refractivity contribution is 7.10. The smallest absolute Gasteiger partial charge is 0.406 e. The number of halogens is 5. The van der Waals surface area contributed by atoms with Crippen molar-refractivity contribution in [3.05, 3.63) is 63.8 Å². The summed E-state index contributed by atoms with van der Waals surface area (Å²) in [5.41, 5.74) is -0.457. The number of ether oxygens (including phenoxy) is 1. The van der Waals surface area contributed by atoms with Crippen molar-refractivity contribution in [3.8, 4) is 22.0 Å². The highest BCUT2D eigenvalue weighted by atomic mass is 35.5. The molecule has 4 nitrogen and oxygen atoms in total. The first-order valence-corrected chi connectivity index (χ1v) is 7.81. The molecule has 3 aromatic rings. The number of rotatable bonds is 3. The summed E-state index contributed by atoms with van der Waals surface area (Å²) in [6.07, 6.45) is -4.81. The molecule has 0 radical (unpaired) electrons. The van der Waals surface area contributed by atoms with Crippen molar-refractivity contribution >= 4 is 23.1 Å². The molecule has 0 saturated heterocycles. The van der Waals surface area contributed by atoms with Gasteiger partial charge in [-0.3, -0.25) is 0 Å². The largest absolute Gasteiger partial charge is 0.573 e. The van der Waals surface area contributed by atoms with Crippen LogP contribution in [0.15, 0.2) is 47.3 Å². The number of benzene rings is 2. The van der Waals surface area contributed by atoms with E-state index in [1.807, 2.05) is 0 Å². The van der Waals surface area contributed by atoms with E-state index in [0.717, 1.165) is 27.6 Å². The van der Waals surface area contributed by atoms with Crippen molar-refractivity contribution in [2.45, 2.75) is 6.36 Å². The molecule has 0 aliphatic heterocycles. The average Bonchev–Trinajstić information content (AvgIpc) is 2.88. The third-order valence-electron chi connectivity index (χ3n) is 3.03. The number of hydrogen-bond donors (Lipinski definition) is 0. The van der Waals surface area contributed by atoms with E-state index in [9.17, 15) is 22.4 Å². The summed E-state index contributed by atoms with van der Waals surface area (Å²) in [7, 11) is 0. The molecule has 1 heterocycles. The van der Waals surface area contributed by atoms with Crippen LogP contribution in [0.1, 0.15) is 0 Å². The maximum absolute atomic E-state index is 13.9. The highest BCUT2D eigenvalue weighted by Gasteiger charge is 2.31. The van der Waals surface area contributed by atoms with Gasteiger partial charge < -0.3 is 4.74 Å². The Morgan fingerprint density at radius 3 is 2.40 bits per heavy atom. The number of alkyl halides is 3. The lowest BCUT2D eigenvalue weighted by molar-refractivity contribution is -0.274. The monoisotopic (exact) mass is 390 g/mol. The normalized spacial score (nSPS) is 11.6. The highest BCUT2D eigenvalue weighted by Crippen LogP contribution is 2.32. The summed E-state index contributed by atoms with van der Waals surface area (Å²) in [4.78, 5) is 15.8. The summed E-state index contributed by atoms with van der Waals surface area (Å²) in [6.45, 7) is 0. The Bertz CT molecular complexity index is 947. The van der Waals surface area contributed by atoms with Gasteiger partial charge >= 0.3 is 12.1 Å². The van der Waals surface area contributed by atoms with Crippen molar-refractivity contribution in [2.75, 3.05) is 0 Å². The number of nitrogens with zero attached hydrogens (tertiary/aromatic N) is 2. The second-order valence-corrected chi connectivity index (χ2v) is 6.07. The molecular weight excluding hydrogens is 384 g/mol. The first-order valence-electron chi connectivity index (χ1n) is 6.65. The van der Waals surface area contributed by atoms with E-state index < -0.39 is 23.6 Å². The lowest BCUT2D eigenvalue weighted by atomic mass is 10.2. The molecule has 0 saturated carbocycles. The molecule has 1 aromatic heterocycles. The van der Waals surface area contributed by atoms with Gasteiger partial charge in [-0.25, -0.2) is 13.1 Å². The van der Waals surface area contributed by atoms with Crippen LogP contribution in [-0.4, -0.2) is 15.3 Å². The van der Waals surface area contributed by atoms with Gasteiger partial charge in [0.25, 0.3) is 0 Å². The topological polar surface area (TPSA) is 44.1 Å². The van der Waals surface area contributed by atoms with Gasteiger partial charge in [-0.05, 0) is 47.9 Å². The van der Waals surface area contributed by atoms with Crippen LogP contribution < -0.4 is 10.4 Å². The van der Waals surface area contributed by atoms with Gasteiger partial charge in [0.15, 0.2) is 5.01 Å². The van der Waals surface area contributed by atoms with Gasteiger partial charge in [0.1, 0.15) is 11.6 Å². The van der Waals surface area contributed by atoms with Crippen LogP contribution in [0.5, 0.6) is 5.75 Å². The number of hydrogen-bond acceptors (Lipinski definition) is 4. The molecule has 10 heteroatoms. The van der Waals surface area contributed by atoms with Crippen molar-refractivity contribution < 1.29 is 22.3 Å². The SMILES string of the molecule is O=c1nc(-c2c(F)cccc2Cl)sn1-c1ccc(OC(F)(F)F)cc1. The molecule has 0 bridgehead atoms. The van der Waals surface area contributed by atoms with Gasteiger partial charge in [0.2, 0.25) is 0 Å². The van der Waals surface area contributed by atoms with Crippen LogP contribution >= 0.6 is 23.1 Å². The van der Waals surface area contributed by atoms with Crippen molar-refractivity contribution in [1.82, 2.24) is 8.94 Å². The van der Waals surface area contributed by atoms with E-state index in [1.54, 1.807) is 0 Å². The fourth-order valence-electron chi connectivity index (χ4n) is 2.03. The predicted molar refractivity (Wildman–Crippen MR) is 84.8 cm³/mol. The second-order valence-electron chi connectivity index (χ2n) is 4.72. The fraction of sp³-hybridized carbons (Fsp3) is 0.0667. The first kappa shape index (κ1) is 17.4. The zero-order valence-corrected chi connectivity index (χ0v) is 13.6. The maximum atomic E-state index is 13.9. The van der Waals surface area contributed by atoms with Gasteiger partial charge in [-0.2, -0.15) is 4.98 Å². The molecular formula is C15H7ClF4N2O2S. The van der Waals surface area contributed by atoms with E-state index in [4.69, 9.17) is 11.6 Å². The second kappa shape index (κ2) is 6.49. The lowest BCUT2D eigenvalue weighted by Crippen LogP contribution is -2.17. The third kappa shape index (κ3) is 3.83.